The minimum absolute atomic E-state index is 0.105. The van der Waals surface area contributed by atoms with Gasteiger partial charge in [-0.05, 0) is 12.1 Å². The van der Waals surface area contributed by atoms with E-state index >= 15 is 0 Å². The van der Waals surface area contributed by atoms with Gasteiger partial charge in [0.05, 0.1) is 31.0 Å². The van der Waals surface area contributed by atoms with Gasteiger partial charge in [-0.25, -0.2) is 0 Å². The van der Waals surface area contributed by atoms with Crippen LogP contribution in [0.3, 0.4) is 0 Å². The number of morpholine rings is 1. The topological polar surface area (TPSA) is 98.0 Å². The number of carbonyl (C=O) groups excluding carboxylic acids is 1. The van der Waals surface area contributed by atoms with E-state index in [4.69, 9.17) is 13.9 Å². The summed E-state index contributed by atoms with van der Waals surface area (Å²) in [7, 11) is 0. The average molecular weight is 426 g/mol. The van der Waals surface area contributed by atoms with Crippen LogP contribution in [0, 0.1) is 0 Å². The van der Waals surface area contributed by atoms with Crippen LogP contribution in [-0.4, -0.2) is 55.6 Å². The van der Waals surface area contributed by atoms with Crippen molar-refractivity contribution in [3.63, 3.8) is 0 Å². The summed E-state index contributed by atoms with van der Waals surface area (Å²) >= 11 is 1.29. The molecule has 0 spiro atoms. The Morgan fingerprint density at radius 2 is 2.00 bits per heavy atom. The summed E-state index contributed by atoms with van der Waals surface area (Å²) < 4.78 is 17.6. The van der Waals surface area contributed by atoms with Gasteiger partial charge in [-0.1, -0.05) is 6.58 Å². The van der Waals surface area contributed by atoms with Crippen molar-refractivity contribution in [1.82, 2.24) is 10.2 Å². The van der Waals surface area contributed by atoms with Gasteiger partial charge in [-0.15, -0.1) is 21.5 Å². The predicted molar refractivity (Wildman–Crippen MR) is 112 cm³/mol. The monoisotopic (exact) mass is 426 g/mol. The zero-order valence-corrected chi connectivity index (χ0v) is 16.8. The lowest BCUT2D eigenvalue weighted by Crippen LogP contribution is -2.37. The number of carbonyl (C=O) groups is 1. The fourth-order valence-corrected chi connectivity index (χ4v) is 4.44. The van der Waals surface area contributed by atoms with Crippen LogP contribution in [0.1, 0.15) is 0 Å². The Kier molecular flexibility index (Phi) is 4.72. The Morgan fingerprint density at radius 3 is 2.80 bits per heavy atom. The Bertz CT molecular complexity index is 1200. The summed E-state index contributed by atoms with van der Waals surface area (Å²) in [4.78, 5) is 28.4. The molecule has 30 heavy (non-hydrogen) atoms. The molecule has 0 aliphatic carbocycles. The molecule has 2 aliphatic rings. The highest BCUT2D eigenvalue weighted by Gasteiger charge is 2.26. The molecule has 0 atom stereocenters. The first kappa shape index (κ1) is 18.8. The summed E-state index contributed by atoms with van der Waals surface area (Å²) in [5.74, 6) is 0.554. The maximum Gasteiger partial charge on any atom is 0.257 e. The molecule has 5 rings (SSSR count). The number of thiophene rings is 1. The van der Waals surface area contributed by atoms with Crippen molar-refractivity contribution in [2.24, 2.45) is 0 Å². The zero-order chi connectivity index (χ0) is 20.7. The van der Waals surface area contributed by atoms with Crippen LogP contribution in [0.2, 0.25) is 0 Å². The Balaban J connectivity index is 1.61. The van der Waals surface area contributed by atoms with Crippen LogP contribution in [0.4, 0.5) is 11.6 Å². The molecule has 0 saturated carbocycles. The van der Waals surface area contributed by atoms with E-state index in [0.29, 0.717) is 72.6 Å². The number of anilines is 2. The van der Waals surface area contributed by atoms with Crippen molar-refractivity contribution in [3.8, 4) is 17.1 Å². The van der Waals surface area contributed by atoms with Crippen LogP contribution in [0.25, 0.3) is 21.5 Å². The number of amides is 1. The van der Waals surface area contributed by atoms with Crippen LogP contribution in [0.5, 0.6) is 5.88 Å². The zero-order valence-electron chi connectivity index (χ0n) is 16.0. The molecule has 0 unspecified atom stereocenters. The number of hydrogen-bond donors (Lipinski definition) is 0. The molecule has 5 heterocycles. The number of nitrogens with zero attached hydrogens (tertiary/aromatic N) is 4. The van der Waals surface area contributed by atoms with E-state index < -0.39 is 0 Å². The summed E-state index contributed by atoms with van der Waals surface area (Å²) in [6.45, 7) is 6.76. The molecule has 3 aromatic rings. The second-order valence-corrected chi connectivity index (χ2v) is 7.70. The molecule has 9 nitrogen and oxygen atoms in total. The normalized spacial score (nSPS) is 16.3. The first-order chi connectivity index (χ1) is 14.7. The van der Waals surface area contributed by atoms with Crippen molar-refractivity contribution in [3.05, 3.63) is 40.4 Å². The van der Waals surface area contributed by atoms with Gasteiger partial charge in [0, 0.05) is 24.5 Å². The molecule has 1 amide bonds. The van der Waals surface area contributed by atoms with Crippen molar-refractivity contribution in [2.45, 2.75) is 0 Å². The average Bonchev–Trinajstić information content (AvgIpc) is 3.23. The lowest BCUT2D eigenvalue weighted by Gasteiger charge is -2.27. The van der Waals surface area contributed by atoms with Crippen molar-refractivity contribution in [2.75, 3.05) is 49.3 Å². The lowest BCUT2D eigenvalue weighted by molar-refractivity contribution is -0.114. The van der Waals surface area contributed by atoms with Crippen molar-refractivity contribution in [1.29, 1.82) is 0 Å². The largest absolute Gasteiger partial charge is 0.473 e. The summed E-state index contributed by atoms with van der Waals surface area (Å²) in [6.07, 6.45) is 1.25. The standard InChI is InChI=1S/C20H18N4O5S/c1-2-16(26)24-5-8-28-20-14(24)9-13(21-22-20)12-11-30-19-15(25)10-17(29-18(12)19)23-3-6-27-7-4-23/h2,9-11H,1,3-8H2. The summed E-state index contributed by atoms with van der Waals surface area (Å²) in [5.41, 5.74) is 2.01. The predicted octanol–water partition coefficient (Wildman–Crippen LogP) is 2.06. The van der Waals surface area contributed by atoms with Crippen molar-refractivity contribution < 1.29 is 18.7 Å². The van der Waals surface area contributed by atoms with E-state index in [0.717, 1.165) is 0 Å². The minimum atomic E-state index is -0.241. The van der Waals surface area contributed by atoms with Crippen LogP contribution in [-0.2, 0) is 9.53 Å². The van der Waals surface area contributed by atoms with E-state index in [1.807, 2.05) is 10.3 Å². The van der Waals surface area contributed by atoms with Gasteiger partial charge in [0.2, 0.25) is 5.43 Å². The lowest BCUT2D eigenvalue weighted by atomic mass is 10.2. The smallest absolute Gasteiger partial charge is 0.257 e. The number of fused-ring (bicyclic) bond motifs is 2. The SMILES string of the molecule is C=CC(=O)N1CCOc2nnc(-c3csc4c(=O)cc(N5CCOCC5)oc34)cc21. The van der Waals surface area contributed by atoms with Gasteiger partial charge in [-0.3, -0.25) is 9.59 Å². The van der Waals surface area contributed by atoms with Crippen LogP contribution in [0.15, 0.2) is 39.4 Å². The molecule has 1 fully saturated rings. The second-order valence-electron chi connectivity index (χ2n) is 6.82. The fraction of sp³-hybridized carbons (Fsp3) is 0.300. The van der Waals surface area contributed by atoms with E-state index in [9.17, 15) is 9.59 Å². The van der Waals surface area contributed by atoms with Crippen LogP contribution < -0.4 is 20.0 Å². The molecule has 3 aromatic heterocycles. The minimum Gasteiger partial charge on any atom is -0.473 e. The van der Waals surface area contributed by atoms with Gasteiger partial charge >= 0.3 is 0 Å². The quantitative estimate of drug-likeness (QED) is 0.587. The molecule has 154 valence electrons. The van der Waals surface area contributed by atoms with Gasteiger partial charge in [-0.2, -0.15) is 0 Å². The number of hydrogen-bond acceptors (Lipinski definition) is 9. The maximum atomic E-state index is 12.7. The molecule has 0 radical (unpaired) electrons. The molecular weight excluding hydrogens is 408 g/mol. The van der Waals surface area contributed by atoms with Crippen molar-refractivity contribution >= 4 is 39.1 Å². The fourth-order valence-electron chi connectivity index (χ4n) is 3.54. The number of aromatic nitrogens is 2. The molecule has 1 saturated heterocycles. The van der Waals surface area contributed by atoms with Gasteiger partial charge in [0.25, 0.3) is 11.8 Å². The Hall–Kier alpha value is -3.24. The summed E-state index contributed by atoms with van der Waals surface area (Å²) in [6, 6.07) is 3.25. The van der Waals surface area contributed by atoms with Gasteiger partial charge in [0.1, 0.15) is 17.0 Å². The third kappa shape index (κ3) is 3.14. The second kappa shape index (κ2) is 7.54. The highest BCUT2D eigenvalue weighted by atomic mass is 32.1. The molecule has 0 aromatic carbocycles. The summed E-state index contributed by atoms with van der Waals surface area (Å²) in [5, 5.41) is 10.2. The number of rotatable bonds is 3. The first-order valence-electron chi connectivity index (χ1n) is 9.48. The van der Waals surface area contributed by atoms with E-state index in [-0.39, 0.29) is 17.2 Å². The molecule has 0 N–H and O–H groups in total. The Labute approximate surface area is 175 Å². The van der Waals surface area contributed by atoms with E-state index in [1.54, 1.807) is 11.0 Å². The van der Waals surface area contributed by atoms with Gasteiger partial charge < -0.3 is 23.7 Å². The van der Waals surface area contributed by atoms with E-state index in [1.165, 1.54) is 23.5 Å². The molecule has 10 heteroatoms. The maximum absolute atomic E-state index is 12.7. The highest BCUT2D eigenvalue weighted by molar-refractivity contribution is 7.17. The molecule has 0 bridgehead atoms. The van der Waals surface area contributed by atoms with E-state index in [2.05, 4.69) is 16.8 Å². The molecular formula is C20H18N4O5S. The molecule has 2 aliphatic heterocycles. The number of ether oxygens (including phenoxy) is 2. The third-order valence-electron chi connectivity index (χ3n) is 5.06. The van der Waals surface area contributed by atoms with Gasteiger partial charge in [0.15, 0.2) is 11.5 Å². The van der Waals surface area contributed by atoms with Crippen LogP contribution >= 0.6 is 11.3 Å². The third-order valence-corrected chi connectivity index (χ3v) is 6.03. The first-order valence-corrected chi connectivity index (χ1v) is 10.4. The highest BCUT2D eigenvalue weighted by Crippen LogP contribution is 2.37. The Morgan fingerprint density at radius 1 is 1.17 bits per heavy atom.